The highest BCUT2D eigenvalue weighted by Crippen LogP contribution is 2.13. The van der Waals surface area contributed by atoms with Crippen molar-refractivity contribution in [3.8, 4) is 0 Å². The zero-order chi connectivity index (χ0) is 11.0. The van der Waals surface area contributed by atoms with Gasteiger partial charge in [-0.15, -0.1) is 0 Å². The molecule has 1 nitrogen and oxygen atoms in total. The van der Waals surface area contributed by atoms with E-state index in [1.807, 2.05) is 0 Å². The fourth-order valence-electron chi connectivity index (χ4n) is 1.37. The molecule has 82 valence electrons. The Kier molecular flexibility index (Phi) is 7.45. The summed E-state index contributed by atoms with van der Waals surface area (Å²) in [5, 5.41) is 0. The van der Waals surface area contributed by atoms with Crippen molar-refractivity contribution in [2.24, 2.45) is 5.92 Å². The summed E-state index contributed by atoms with van der Waals surface area (Å²) in [5.74, 6) is 0.894. The second-order valence-corrected chi connectivity index (χ2v) is 3.96. The van der Waals surface area contributed by atoms with Crippen LogP contribution in [-0.2, 0) is 4.79 Å². The van der Waals surface area contributed by atoms with Gasteiger partial charge in [-0.1, -0.05) is 46.6 Å². The molecule has 0 aliphatic heterocycles. The van der Waals surface area contributed by atoms with Crippen molar-refractivity contribution in [1.82, 2.24) is 0 Å². The third-order valence-corrected chi connectivity index (χ3v) is 2.63. The van der Waals surface area contributed by atoms with Gasteiger partial charge < -0.3 is 0 Å². The van der Waals surface area contributed by atoms with Crippen LogP contribution >= 0.6 is 0 Å². The van der Waals surface area contributed by atoms with E-state index >= 15 is 0 Å². The average molecular weight is 196 g/mol. The smallest absolute Gasteiger partial charge is 0.158 e. The maximum Gasteiger partial charge on any atom is 0.158 e. The molecule has 1 heteroatoms. The van der Waals surface area contributed by atoms with Crippen LogP contribution in [0, 0.1) is 5.92 Å². The van der Waals surface area contributed by atoms with Gasteiger partial charge in [-0.05, 0) is 24.3 Å². The number of ketones is 1. The summed E-state index contributed by atoms with van der Waals surface area (Å²) in [5.41, 5.74) is 1.04. The molecule has 0 N–H and O–H groups in total. The van der Waals surface area contributed by atoms with Gasteiger partial charge in [0.15, 0.2) is 5.78 Å². The molecule has 0 aromatic heterocycles. The number of Topliss-reactive ketones (excluding diaryl/α,β-unsaturated/α-hetero) is 1. The predicted molar refractivity (Wildman–Crippen MR) is 62.4 cm³/mol. The lowest BCUT2D eigenvalue weighted by atomic mass is 9.98. The Balaban J connectivity index is 4.24. The topological polar surface area (TPSA) is 17.1 Å². The van der Waals surface area contributed by atoms with Crippen LogP contribution in [0.1, 0.15) is 59.8 Å². The third kappa shape index (κ3) is 5.21. The molecule has 0 saturated heterocycles. The standard InChI is InChI=1S/C13H24O/c1-5-8-9-13(14)12(7-3)10-11(4)6-2/h10-11H,5-9H2,1-4H3/b12-10+. The van der Waals surface area contributed by atoms with E-state index in [9.17, 15) is 4.79 Å². The van der Waals surface area contributed by atoms with E-state index in [1.165, 1.54) is 0 Å². The first kappa shape index (κ1) is 13.4. The Labute approximate surface area is 88.6 Å². The normalized spacial score (nSPS) is 14.1. The van der Waals surface area contributed by atoms with Gasteiger partial charge in [-0.2, -0.15) is 0 Å². The van der Waals surface area contributed by atoms with Crippen LogP contribution in [0.4, 0.5) is 0 Å². The van der Waals surface area contributed by atoms with Gasteiger partial charge in [0.2, 0.25) is 0 Å². The number of carbonyl (C=O) groups is 1. The van der Waals surface area contributed by atoms with Gasteiger partial charge in [0.25, 0.3) is 0 Å². The van der Waals surface area contributed by atoms with E-state index < -0.39 is 0 Å². The third-order valence-electron chi connectivity index (χ3n) is 2.63. The number of allylic oxidation sites excluding steroid dienone is 2. The van der Waals surface area contributed by atoms with E-state index in [4.69, 9.17) is 0 Å². The van der Waals surface area contributed by atoms with Gasteiger partial charge in [0.1, 0.15) is 0 Å². The lowest BCUT2D eigenvalue weighted by molar-refractivity contribution is -0.115. The van der Waals surface area contributed by atoms with Crippen LogP contribution in [-0.4, -0.2) is 5.78 Å². The van der Waals surface area contributed by atoms with E-state index in [-0.39, 0.29) is 0 Å². The molecule has 0 aromatic carbocycles. The lowest BCUT2D eigenvalue weighted by Gasteiger charge is -2.07. The van der Waals surface area contributed by atoms with Crippen molar-refractivity contribution in [2.45, 2.75) is 59.8 Å². The van der Waals surface area contributed by atoms with Gasteiger partial charge in [0.05, 0.1) is 0 Å². The minimum absolute atomic E-state index is 0.356. The highest BCUT2D eigenvalue weighted by Gasteiger charge is 2.07. The molecule has 0 amide bonds. The van der Waals surface area contributed by atoms with Crippen LogP contribution < -0.4 is 0 Å². The molecule has 0 saturated carbocycles. The molecule has 0 heterocycles. The molecule has 0 aromatic rings. The fraction of sp³-hybridized carbons (Fsp3) is 0.769. The second kappa shape index (κ2) is 7.78. The summed E-state index contributed by atoms with van der Waals surface area (Å²) in [6, 6.07) is 0. The first-order valence-corrected chi connectivity index (χ1v) is 5.89. The van der Waals surface area contributed by atoms with Crippen LogP contribution in [0.15, 0.2) is 11.6 Å². The maximum absolute atomic E-state index is 11.7. The Bertz CT molecular complexity index is 191. The maximum atomic E-state index is 11.7. The number of hydrogen-bond donors (Lipinski definition) is 0. The summed E-state index contributed by atoms with van der Waals surface area (Å²) in [7, 11) is 0. The summed E-state index contributed by atoms with van der Waals surface area (Å²) in [4.78, 5) is 11.7. The SMILES string of the molecule is CCCCC(=O)/C(=C/C(C)CC)CC. The van der Waals surface area contributed by atoms with E-state index in [0.717, 1.165) is 37.7 Å². The molecule has 0 aliphatic carbocycles. The Morgan fingerprint density at radius 3 is 2.36 bits per heavy atom. The fourth-order valence-corrected chi connectivity index (χ4v) is 1.37. The van der Waals surface area contributed by atoms with Crippen molar-refractivity contribution >= 4 is 5.78 Å². The molecule has 0 aliphatic rings. The molecule has 1 atom stereocenters. The minimum Gasteiger partial charge on any atom is -0.295 e. The monoisotopic (exact) mass is 196 g/mol. The molecule has 0 rings (SSSR count). The molecule has 0 fully saturated rings. The zero-order valence-electron chi connectivity index (χ0n) is 10.1. The van der Waals surface area contributed by atoms with Gasteiger partial charge in [0, 0.05) is 6.42 Å². The highest BCUT2D eigenvalue weighted by atomic mass is 16.1. The molecule has 0 spiro atoms. The zero-order valence-corrected chi connectivity index (χ0v) is 10.1. The Morgan fingerprint density at radius 2 is 1.93 bits per heavy atom. The van der Waals surface area contributed by atoms with Crippen molar-refractivity contribution in [3.05, 3.63) is 11.6 Å². The Hall–Kier alpha value is -0.590. The molecule has 1 unspecified atom stereocenters. The number of unbranched alkanes of at least 4 members (excludes halogenated alkanes) is 1. The summed E-state index contributed by atoms with van der Waals surface area (Å²) in [6.45, 7) is 8.52. The largest absolute Gasteiger partial charge is 0.295 e. The molecular weight excluding hydrogens is 172 g/mol. The first-order chi connectivity index (χ1) is 6.65. The first-order valence-electron chi connectivity index (χ1n) is 5.89. The quantitative estimate of drug-likeness (QED) is 0.560. The van der Waals surface area contributed by atoms with Crippen molar-refractivity contribution in [3.63, 3.8) is 0 Å². The summed E-state index contributed by atoms with van der Waals surface area (Å²) >= 11 is 0. The van der Waals surface area contributed by atoms with Crippen molar-refractivity contribution in [2.75, 3.05) is 0 Å². The molecule has 0 bridgehead atoms. The van der Waals surface area contributed by atoms with E-state index in [1.54, 1.807) is 0 Å². The second-order valence-electron chi connectivity index (χ2n) is 3.96. The van der Waals surface area contributed by atoms with Crippen LogP contribution in [0.3, 0.4) is 0 Å². The predicted octanol–water partition coefficient (Wildman–Crippen LogP) is 4.13. The highest BCUT2D eigenvalue weighted by molar-refractivity contribution is 5.95. The van der Waals surface area contributed by atoms with Crippen LogP contribution in [0.2, 0.25) is 0 Å². The molecule has 14 heavy (non-hydrogen) atoms. The van der Waals surface area contributed by atoms with Crippen molar-refractivity contribution in [1.29, 1.82) is 0 Å². The number of carbonyl (C=O) groups excluding carboxylic acids is 1. The van der Waals surface area contributed by atoms with Gasteiger partial charge >= 0.3 is 0 Å². The summed E-state index contributed by atoms with van der Waals surface area (Å²) in [6.07, 6.45) is 7.00. The van der Waals surface area contributed by atoms with Crippen LogP contribution in [0.5, 0.6) is 0 Å². The number of hydrogen-bond acceptors (Lipinski definition) is 1. The molecule has 0 radical (unpaired) electrons. The Morgan fingerprint density at radius 1 is 1.29 bits per heavy atom. The average Bonchev–Trinajstić information content (AvgIpc) is 2.21. The molecular formula is C13H24O. The number of rotatable bonds is 7. The lowest BCUT2D eigenvalue weighted by Crippen LogP contribution is -2.03. The van der Waals surface area contributed by atoms with E-state index in [2.05, 4.69) is 33.8 Å². The van der Waals surface area contributed by atoms with Crippen LogP contribution in [0.25, 0.3) is 0 Å². The van der Waals surface area contributed by atoms with E-state index in [0.29, 0.717) is 11.7 Å². The minimum atomic E-state index is 0.356. The van der Waals surface area contributed by atoms with Crippen molar-refractivity contribution < 1.29 is 4.79 Å². The summed E-state index contributed by atoms with van der Waals surface area (Å²) < 4.78 is 0. The van der Waals surface area contributed by atoms with Gasteiger partial charge in [-0.3, -0.25) is 4.79 Å². The van der Waals surface area contributed by atoms with Gasteiger partial charge in [-0.25, -0.2) is 0 Å².